The largest absolute Gasteiger partial charge is 0.223 e. The average Bonchev–Trinajstić information content (AvgIpc) is 2.38. The molecule has 0 saturated carbocycles. The van der Waals surface area contributed by atoms with E-state index in [2.05, 4.69) is 25.7 Å². The zero-order valence-electron chi connectivity index (χ0n) is 12.1. The van der Waals surface area contributed by atoms with Crippen molar-refractivity contribution in [1.29, 1.82) is 0 Å². The van der Waals surface area contributed by atoms with Gasteiger partial charge in [-0.3, -0.25) is 0 Å². The van der Waals surface area contributed by atoms with Crippen molar-refractivity contribution >= 4 is 23.1 Å². The van der Waals surface area contributed by atoms with E-state index in [4.69, 9.17) is 0 Å². The maximum Gasteiger partial charge on any atom is 0.182 e. The van der Waals surface area contributed by atoms with Crippen LogP contribution < -0.4 is 5.19 Å². The van der Waals surface area contributed by atoms with Gasteiger partial charge < -0.3 is 0 Å². The van der Waals surface area contributed by atoms with E-state index in [1.807, 2.05) is 24.3 Å². The normalized spacial score (nSPS) is 12.3. The first kappa shape index (κ1) is 15.0. The molecule has 20 heavy (non-hydrogen) atoms. The lowest BCUT2D eigenvalue weighted by Crippen LogP contribution is -2.37. The predicted octanol–water partition coefficient (Wildman–Crippen LogP) is 3.21. The molecule has 0 bridgehead atoms. The molecule has 0 fully saturated rings. The number of hydrogen-bond acceptors (Lipinski definition) is 2. The average molecular weight is 304 g/mol. The molecule has 0 radical (unpaired) electrons. The summed E-state index contributed by atoms with van der Waals surface area (Å²) in [4.78, 5) is 0.387. The highest BCUT2D eigenvalue weighted by molar-refractivity contribution is 7.90. The van der Waals surface area contributed by atoms with Crippen molar-refractivity contribution in [2.45, 2.75) is 30.3 Å². The highest BCUT2D eigenvalue weighted by atomic mass is 32.2. The van der Waals surface area contributed by atoms with Crippen LogP contribution in [0.5, 0.6) is 0 Å². The number of hydrogen-bond donors (Lipinski definition) is 0. The van der Waals surface area contributed by atoms with E-state index in [9.17, 15) is 8.42 Å². The summed E-state index contributed by atoms with van der Waals surface area (Å²) in [5.74, 6) is 0.0648. The van der Waals surface area contributed by atoms with Crippen LogP contribution in [0.4, 0.5) is 0 Å². The quantitative estimate of drug-likeness (QED) is 0.813. The summed E-state index contributed by atoms with van der Waals surface area (Å²) >= 11 is 0. The Morgan fingerprint density at radius 2 is 1.55 bits per heavy atom. The minimum atomic E-state index is -3.26. The molecular weight excluding hydrogens is 284 g/mol. The second-order valence-corrected chi connectivity index (χ2v) is 13.1. The van der Waals surface area contributed by atoms with Crippen LogP contribution in [0, 0.1) is 0 Å². The lowest BCUT2D eigenvalue weighted by molar-refractivity contribution is 0.595. The minimum absolute atomic E-state index is 0.0648. The highest BCUT2D eigenvalue weighted by Crippen LogP contribution is 2.16. The molecule has 2 rings (SSSR count). The molecular formula is C16H20O2SSi. The van der Waals surface area contributed by atoms with Crippen molar-refractivity contribution in [2.75, 3.05) is 0 Å². The highest BCUT2D eigenvalue weighted by Gasteiger charge is 2.19. The number of rotatable bonds is 4. The van der Waals surface area contributed by atoms with Crippen molar-refractivity contribution in [3.05, 3.63) is 60.2 Å². The molecule has 0 aliphatic heterocycles. The van der Waals surface area contributed by atoms with Crippen LogP contribution in [0.15, 0.2) is 59.5 Å². The van der Waals surface area contributed by atoms with Gasteiger partial charge in [0.15, 0.2) is 9.84 Å². The summed E-state index contributed by atoms with van der Waals surface area (Å²) in [6, 6.07) is 16.6. The van der Waals surface area contributed by atoms with Gasteiger partial charge in [0, 0.05) is 0 Å². The van der Waals surface area contributed by atoms with Crippen LogP contribution in [0.25, 0.3) is 0 Å². The Morgan fingerprint density at radius 1 is 0.900 bits per heavy atom. The number of sulfone groups is 1. The minimum Gasteiger partial charge on any atom is -0.223 e. The molecule has 0 spiro atoms. The third-order valence-electron chi connectivity index (χ3n) is 3.25. The van der Waals surface area contributed by atoms with Gasteiger partial charge in [0.2, 0.25) is 0 Å². The van der Waals surface area contributed by atoms with E-state index in [1.54, 1.807) is 24.3 Å². The fourth-order valence-corrected chi connectivity index (χ4v) is 4.63. The molecule has 0 heterocycles. The topological polar surface area (TPSA) is 34.1 Å². The van der Waals surface area contributed by atoms with Gasteiger partial charge in [-0.2, -0.15) is 0 Å². The molecule has 0 aliphatic carbocycles. The van der Waals surface area contributed by atoms with Gasteiger partial charge in [0.1, 0.15) is 0 Å². The maximum absolute atomic E-state index is 12.4. The second kappa shape index (κ2) is 5.54. The number of benzene rings is 2. The van der Waals surface area contributed by atoms with E-state index in [-0.39, 0.29) is 5.75 Å². The van der Waals surface area contributed by atoms with Crippen molar-refractivity contribution in [3.8, 4) is 0 Å². The fourth-order valence-electron chi connectivity index (χ4n) is 2.06. The molecule has 2 aromatic carbocycles. The SMILES string of the molecule is C[Si](C)(C)c1cccc(CS(=O)(=O)c2ccccc2)c1. The third-order valence-corrected chi connectivity index (χ3v) is 7.00. The standard InChI is InChI=1S/C16H20O2SSi/c1-20(2,3)16-11-7-8-14(12-16)13-19(17,18)15-9-5-4-6-10-15/h4-12H,13H2,1-3H3. The van der Waals surface area contributed by atoms with Gasteiger partial charge >= 0.3 is 0 Å². The Bertz CT molecular complexity index is 686. The molecule has 0 atom stereocenters. The second-order valence-electron chi connectivity index (χ2n) is 6.02. The van der Waals surface area contributed by atoms with Gasteiger partial charge in [-0.25, -0.2) is 8.42 Å². The Labute approximate surface area is 122 Å². The molecule has 2 aromatic rings. The van der Waals surface area contributed by atoms with E-state index in [0.717, 1.165) is 5.56 Å². The van der Waals surface area contributed by atoms with Crippen molar-refractivity contribution in [1.82, 2.24) is 0 Å². The van der Waals surface area contributed by atoms with Gasteiger partial charge in [-0.1, -0.05) is 67.3 Å². The first-order valence-electron chi connectivity index (χ1n) is 6.66. The molecule has 0 amide bonds. The Balaban J connectivity index is 2.31. The van der Waals surface area contributed by atoms with E-state index < -0.39 is 17.9 Å². The monoisotopic (exact) mass is 304 g/mol. The van der Waals surface area contributed by atoms with Crippen molar-refractivity contribution < 1.29 is 8.42 Å². The maximum atomic E-state index is 12.4. The molecule has 0 aromatic heterocycles. The van der Waals surface area contributed by atoms with Gasteiger partial charge in [-0.05, 0) is 17.7 Å². The van der Waals surface area contributed by atoms with Crippen LogP contribution in [-0.4, -0.2) is 16.5 Å². The smallest absolute Gasteiger partial charge is 0.182 e. The van der Waals surface area contributed by atoms with Gasteiger partial charge in [0.05, 0.1) is 18.7 Å². The van der Waals surface area contributed by atoms with Crippen LogP contribution in [0.2, 0.25) is 19.6 Å². The summed E-state index contributed by atoms with van der Waals surface area (Å²) in [6.45, 7) is 6.79. The summed E-state index contributed by atoms with van der Waals surface area (Å²) in [5, 5.41) is 1.29. The first-order valence-corrected chi connectivity index (χ1v) is 11.8. The molecule has 0 N–H and O–H groups in total. The van der Waals surface area contributed by atoms with Gasteiger partial charge in [-0.15, -0.1) is 0 Å². The molecule has 0 saturated heterocycles. The van der Waals surface area contributed by atoms with Gasteiger partial charge in [0.25, 0.3) is 0 Å². The van der Waals surface area contributed by atoms with Crippen LogP contribution >= 0.6 is 0 Å². The summed E-state index contributed by atoms with van der Waals surface area (Å²) < 4.78 is 24.7. The molecule has 0 aliphatic rings. The fraction of sp³-hybridized carbons (Fsp3) is 0.250. The van der Waals surface area contributed by atoms with Crippen molar-refractivity contribution in [2.24, 2.45) is 0 Å². The van der Waals surface area contributed by atoms with Crippen molar-refractivity contribution in [3.63, 3.8) is 0 Å². The molecule has 106 valence electrons. The zero-order valence-corrected chi connectivity index (χ0v) is 13.9. The van der Waals surface area contributed by atoms with Crippen LogP contribution in [0.3, 0.4) is 0 Å². The Hall–Kier alpha value is -1.39. The summed E-state index contributed by atoms with van der Waals surface area (Å²) in [6.07, 6.45) is 0. The molecule has 0 unspecified atom stereocenters. The van der Waals surface area contributed by atoms with E-state index in [0.29, 0.717) is 4.90 Å². The summed E-state index contributed by atoms with van der Waals surface area (Å²) in [5.41, 5.74) is 0.869. The molecule has 2 nitrogen and oxygen atoms in total. The van der Waals surface area contributed by atoms with Crippen LogP contribution in [0.1, 0.15) is 5.56 Å². The first-order chi connectivity index (χ1) is 9.29. The lowest BCUT2D eigenvalue weighted by Gasteiger charge is -2.17. The Kier molecular flexibility index (Phi) is 4.16. The van der Waals surface area contributed by atoms with Crippen LogP contribution in [-0.2, 0) is 15.6 Å². The third kappa shape index (κ3) is 3.58. The predicted molar refractivity (Wildman–Crippen MR) is 86.8 cm³/mol. The lowest BCUT2D eigenvalue weighted by atomic mass is 10.2. The van der Waals surface area contributed by atoms with E-state index >= 15 is 0 Å². The Morgan fingerprint density at radius 3 is 2.15 bits per heavy atom. The zero-order chi connectivity index (χ0) is 14.8. The summed E-state index contributed by atoms with van der Waals surface area (Å²) in [7, 11) is -4.67. The van der Waals surface area contributed by atoms with E-state index in [1.165, 1.54) is 5.19 Å². The molecule has 4 heteroatoms.